The van der Waals surface area contributed by atoms with Gasteiger partial charge < -0.3 is 18.0 Å². The average molecular weight is 1590 g/mol. The van der Waals surface area contributed by atoms with Crippen molar-refractivity contribution >= 4 is 87.5 Å². The summed E-state index contributed by atoms with van der Waals surface area (Å²) in [6.07, 6.45) is 0. The average Bonchev–Trinajstić information content (AvgIpc) is 1.56. The molecule has 0 amide bonds. The fraction of sp³-hybridized carbons (Fsp3) is 0. The molecule has 6 heterocycles. The molecule has 0 aliphatic heterocycles. The van der Waals surface area contributed by atoms with E-state index in [0.717, 1.165) is 188 Å². The maximum absolute atomic E-state index is 6.84. The van der Waals surface area contributed by atoms with Crippen molar-refractivity contribution in [1.82, 2.24) is 39.0 Å². The van der Waals surface area contributed by atoms with Crippen molar-refractivity contribution in [3.8, 4) is 146 Å². The van der Waals surface area contributed by atoms with Crippen LogP contribution in [0.15, 0.2) is 446 Å². The summed E-state index contributed by atoms with van der Waals surface area (Å²) >= 11 is 0. The topological polar surface area (TPSA) is 113 Å². The lowest BCUT2D eigenvalue weighted by molar-refractivity contribution is 0.671. The number of nitrogens with zero attached hydrogens (tertiary/aromatic N) is 8. The number of hydrogen-bond donors (Lipinski definition) is 0. The monoisotopic (exact) mass is 1580 g/mol. The van der Waals surface area contributed by atoms with E-state index in [1.54, 1.807) is 0 Å². The van der Waals surface area contributed by atoms with Crippen LogP contribution in [0.25, 0.3) is 234 Å². The summed E-state index contributed by atoms with van der Waals surface area (Å²) in [5, 5.41) is 9.05. The van der Waals surface area contributed by atoms with Gasteiger partial charge in [0.1, 0.15) is 11.2 Å². The molecular formula is C114H72N8O2. The van der Waals surface area contributed by atoms with Gasteiger partial charge in [-0.2, -0.15) is 0 Å². The lowest BCUT2D eigenvalue weighted by Gasteiger charge is -2.11. The van der Waals surface area contributed by atoms with Crippen molar-refractivity contribution in [3.63, 3.8) is 0 Å². The van der Waals surface area contributed by atoms with Gasteiger partial charge in [-0.05, 0) is 133 Å². The van der Waals surface area contributed by atoms with Crippen molar-refractivity contribution in [3.05, 3.63) is 437 Å². The number of benzene rings is 18. The molecule has 6 aromatic heterocycles. The van der Waals surface area contributed by atoms with Gasteiger partial charge in [0.15, 0.2) is 46.1 Å². The van der Waals surface area contributed by atoms with E-state index in [1.165, 1.54) is 10.8 Å². The molecule has 0 atom stereocenters. The normalized spacial score (nSPS) is 11.5. The predicted molar refractivity (Wildman–Crippen MR) is 508 cm³/mol. The highest BCUT2D eigenvalue weighted by Crippen LogP contribution is 2.47. The number of rotatable bonds is 14. The largest absolute Gasteiger partial charge is 0.454 e. The minimum atomic E-state index is 0.608. The SMILES string of the molecule is c1ccc(-c2ccc(-c3nc(-c4ccc(-c5cccc6oc7c(ccc8c9ccccc9n(-c9ccccc9)c87)c56)cc4)nc(-c4cccc(-c5ccccc5)c4)n3)cc2)cc1.c1ccc(-c2ccc(-c3nc(-c4ccc(-c5ccccc5)cc4)nc(-c4ccc(-c5cccc6oc7c(ccc8c9ccccc9n(-c9ccccc9)c87)c56)cc4)n3)cc2)cc1. The quantitative estimate of drug-likeness (QED) is 0.106. The maximum atomic E-state index is 6.84. The zero-order chi connectivity index (χ0) is 82.0. The van der Waals surface area contributed by atoms with Crippen LogP contribution in [0.1, 0.15) is 0 Å². The van der Waals surface area contributed by atoms with Gasteiger partial charge in [-0.25, -0.2) is 29.9 Å². The van der Waals surface area contributed by atoms with Gasteiger partial charge >= 0.3 is 0 Å². The van der Waals surface area contributed by atoms with Crippen LogP contribution in [0.2, 0.25) is 0 Å². The van der Waals surface area contributed by atoms with E-state index in [0.29, 0.717) is 34.9 Å². The number of aromatic nitrogens is 8. The van der Waals surface area contributed by atoms with Crippen LogP contribution in [-0.4, -0.2) is 39.0 Å². The van der Waals surface area contributed by atoms with Crippen LogP contribution in [0.5, 0.6) is 0 Å². The van der Waals surface area contributed by atoms with Crippen molar-refractivity contribution in [1.29, 1.82) is 0 Å². The Balaban J connectivity index is 0.000000143. The first kappa shape index (κ1) is 72.4. The first-order chi connectivity index (χ1) is 61.5. The molecule has 10 nitrogen and oxygen atoms in total. The summed E-state index contributed by atoms with van der Waals surface area (Å²) < 4.78 is 18.3. The molecule has 0 spiro atoms. The lowest BCUT2D eigenvalue weighted by Crippen LogP contribution is -2.00. The molecule has 0 radical (unpaired) electrons. The first-order valence-corrected chi connectivity index (χ1v) is 41.7. The highest BCUT2D eigenvalue weighted by molar-refractivity contribution is 6.25. The van der Waals surface area contributed by atoms with Gasteiger partial charge in [0, 0.05) is 87.8 Å². The molecule has 124 heavy (non-hydrogen) atoms. The number of para-hydroxylation sites is 4. The van der Waals surface area contributed by atoms with Crippen LogP contribution < -0.4 is 0 Å². The second-order valence-electron chi connectivity index (χ2n) is 31.2. The molecule has 0 aliphatic rings. The lowest BCUT2D eigenvalue weighted by atomic mass is 9.98. The Kier molecular flexibility index (Phi) is 18.0. The second-order valence-corrected chi connectivity index (χ2v) is 31.2. The third-order valence-corrected chi connectivity index (χ3v) is 23.8. The van der Waals surface area contributed by atoms with E-state index in [2.05, 4.69) is 422 Å². The molecule has 24 aromatic rings. The van der Waals surface area contributed by atoms with Crippen LogP contribution >= 0.6 is 0 Å². The molecule has 0 fully saturated rings. The first-order valence-electron chi connectivity index (χ1n) is 41.7. The summed E-state index contributed by atoms with van der Waals surface area (Å²) in [7, 11) is 0. The molecule has 0 bridgehead atoms. The van der Waals surface area contributed by atoms with E-state index < -0.39 is 0 Å². The number of hydrogen-bond acceptors (Lipinski definition) is 8. The van der Waals surface area contributed by atoms with Gasteiger partial charge in [-0.15, -0.1) is 0 Å². The third kappa shape index (κ3) is 13.1. The smallest absolute Gasteiger partial charge is 0.164 e. The van der Waals surface area contributed by atoms with Gasteiger partial charge in [-0.3, -0.25) is 0 Å². The molecule has 0 saturated heterocycles. The molecule has 10 heteroatoms. The van der Waals surface area contributed by atoms with Crippen molar-refractivity contribution in [2.24, 2.45) is 0 Å². The highest BCUT2D eigenvalue weighted by Gasteiger charge is 2.25. The Labute approximate surface area is 713 Å². The molecular weight excluding hydrogens is 1510 g/mol. The standard InChI is InChI=1S/2C57H36N4O/c1-4-14-37(15-5-1)39-26-30-41(31-27-39)55-58-56(60-57(59-55)44-19-12-18-43(36-44)38-16-6-2-7-17-38)42-32-28-40(29-33-42)46-23-13-25-51-52(46)49-35-34-48-47-22-10-11-24-50(47)61(53(48)54(49)62-51)45-20-8-3-9-21-45;1-4-13-37(14-5-1)39-23-29-42(30-24-39)55-58-56(43-31-25-40(26-32-43)38-15-6-2-7-16-38)60-57(59-55)44-33-27-41(28-34-44)46-20-12-22-51-52(46)49-36-35-48-47-19-10-11-21-50(47)61(53(48)54(49)62-51)45-17-8-3-9-18-45/h2*1-36H. The summed E-state index contributed by atoms with van der Waals surface area (Å²) in [5.41, 5.74) is 29.1. The van der Waals surface area contributed by atoms with Crippen LogP contribution in [0.4, 0.5) is 0 Å². The highest BCUT2D eigenvalue weighted by atomic mass is 16.3. The van der Waals surface area contributed by atoms with E-state index >= 15 is 0 Å². The number of fused-ring (bicyclic) bond motifs is 14. The molecule has 24 rings (SSSR count). The maximum Gasteiger partial charge on any atom is 0.164 e. The summed E-state index contributed by atoms with van der Waals surface area (Å²) in [5.74, 6) is 3.70. The Morgan fingerprint density at radius 2 is 0.419 bits per heavy atom. The van der Waals surface area contributed by atoms with E-state index in [4.69, 9.17) is 38.7 Å². The van der Waals surface area contributed by atoms with Crippen molar-refractivity contribution in [2.75, 3.05) is 0 Å². The summed E-state index contributed by atoms with van der Waals surface area (Å²) in [6.45, 7) is 0. The molecule has 580 valence electrons. The van der Waals surface area contributed by atoms with Crippen LogP contribution in [0, 0.1) is 0 Å². The van der Waals surface area contributed by atoms with E-state index in [-0.39, 0.29) is 0 Å². The minimum absolute atomic E-state index is 0.608. The predicted octanol–water partition coefficient (Wildman–Crippen LogP) is 29.7. The second kappa shape index (κ2) is 30.8. The van der Waals surface area contributed by atoms with Gasteiger partial charge in [0.2, 0.25) is 0 Å². The van der Waals surface area contributed by atoms with Gasteiger partial charge in [0.05, 0.1) is 22.1 Å². The third-order valence-electron chi connectivity index (χ3n) is 23.8. The summed E-state index contributed by atoms with van der Waals surface area (Å²) in [4.78, 5) is 30.6. The minimum Gasteiger partial charge on any atom is -0.454 e. The fourth-order valence-electron chi connectivity index (χ4n) is 17.8. The Hall–Kier alpha value is -16.8. The Morgan fingerprint density at radius 1 is 0.169 bits per heavy atom. The van der Waals surface area contributed by atoms with E-state index in [1.807, 2.05) is 24.3 Å². The van der Waals surface area contributed by atoms with Crippen molar-refractivity contribution in [2.45, 2.75) is 0 Å². The molecule has 18 aromatic carbocycles. The molecule has 0 unspecified atom stereocenters. The van der Waals surface area contributed by atoms with Gasteiger partial charge in [0.25, 0.3) is 0 Å². The van der Waals surface area contributed by atoms with Crippen LogP contribution in [0.3, 0.4) is 0 Å². The fourth-order valence-corrected chi connectivity index (χ4v) is 17.8. The number of furan rings is 2. The zero-order valence-electron chi connectivity index (χ0n) is 67.0. The Bertz CT molecular complexity index is 8040. The Morgan fingerprint density at radius 3 is 0.766 bits per heavy atom. The zero-order valence-corrected chi connectivity index (χ0v) is 67.0. The molecule has 0 aliphatic carbocycles. The summed E-state index contributed by atoms with van der Waals surface area (Å²) in [6, 6.07) is 152. The van der Waals surface area contributed by atoms with Crippen molar-refractivity contribution < 1.29 is 8.83 Å². The van der Waals surface area contributed by atoms with Crippen LogP contribution in [-0.2, 0) is 0 Å². The molecule has 0 N–H and O–H groups in total. The molecule has 0 saturated carbocycles. The van der Waals surface area contributed by atoms with Gasteiger partial charge in [-0.1, -0.05) is 370 Å². The van der Waals surface area contributed by atoms with E-state index in [9.17, 15) is 0 Å².